The lowest BCUT2D eigenvalue weighted by atomic mass is 9.48. The zero-order chi connectivity index (χ0) is 56.1. The van der Waals surface area contributed by atoms with Crippen LogP contribution in [0.1, 0.15) is 157 Å². The quantitative estimate of drug-likeness (QED) is 0.177. The highest BCUT2D eigenvalue weighted by molar-refractivity contribution is 5.84. The van der Waals surface area contributed by atoms with E-state index >= 15 is 0 Å². The predicted octanol–water partition coefficient (Wildman–Crippen LogP) is 9.47. The van der Waals surface area contributed by atoms with E-state index in [0.717, 1.165) is 165 Å². The highest BCUT2D eigenvalue weighted by atomic mass is 16.6. The third kappa shape index (κ3) is 13.0. The van der Waals surface area contributed by atoms with Crippen LogP contribution < -0.4 is 29.9 Å². The minimum atomic E-state index is -0.481. The highest BCUT2D eigenvalue weighted by Crippen LogP contribution is 2.61. The SMILES string of the molecule is CC(C)(C)OC(=O)N1CCC(Oc2ccc(N3CCC[C@H](NC(=O)C45CC6CC(C4)C(O)C(C6)C5)C3)cc2)CC1.CC(C)(C)OC(=O)N1CCC(Oc2ccc(N3CCC[C@H](NC(=O)C45CC6CC(C4)C(O)C(C6)C5)C3)cc2)CC1. The first-order valence-electron chi connectivity index (χ1n) is 31.1. The first-order chi connectivity index (χ1) is 38.1. The number of benzene rings is 2. The average molecular weight is 1110 g/mol. The van der Waals surface area contributed by atoms with Gasteiger partial charge in [-0.05, 0) is 215 Å². The lowest BCUT2D eigenvalue weighted by Gasteiger charge is -2.58. The van der Waals surface area contributed by atoms with E-state index in [1.807, 2.05) is 65.8 Å². The summed E-state index contributed by atoms with van der Waals surface area (Å²) in [6, 6.07) is 17.0. The van der Waals surface area contributed by atoms with Crippen LogP contribution in [0.3, 0.4) is 0 Å². The van der Waals surface area contributed by atoms with E-state index in [4.69, 9.17) is 18.9 Å². The van der Waals surface area contributed by atoms with Crippen molar-refractivity contribution in [2.75, 3.05) is 62.2 Å². The normalized spacial score (nSPS) is 34.0. The fraction of sp³-hybridized carbons (Fsp3) is 0.750. The molecular weight excluding hydrogens is 1010 g/mol. The Morgan fingerprint density at radius 2 is 0.825 bits per heavy atom. The molecule has 4 N–H and O–H groups in total. The van der Waals surface area contributed by atoms with E-state index < -0.39 is 11.2 Å². The molecule has 4 amide bonds. The molecule has 8 aliphatic carbocycles. The molecule has 6 atom stereocenters. The molecule has 16 nitrogen and oxygen atoms in total. The molecule has 16 heteroatoms. The summed E-state index contributed by atoms with van der Waals surface area (Å²) in [5.74, 6) is 4.70. The number of carbonyl (C=O) groups excluding carboxylic acids is 4. The summed E-state index contributed by atoms with van der Waals surface area (Å²) in [6.07, 6.45) is 16.5. The summed E-state index contributed by atoms with van der Waals surface area (Å²) in [5.41, 5.74) is 0.851. The summed E-state index contributed by atoms with van der Waals surface area (Å²) in [4.78, 5) is 60.2. The second-order valence-electron chi connectivity index (χ2n) is 28.6. The highest BCUT2D eigenvalue weighted by Gasteiger charge is 2.60. The topological polar surface area (TPSA) is 183 Å². The molecule has 4 heterocycles. The van der Waals surface area contributed by atoms with Crippen molar-refractivity contribution in [2.24, 2.45) is 46.3 Å². The van der Waals surface area contributed by atoms with E-state index in [1.54, 1.807) is 9.80 Å². The monoisotopic (exact) mass is 1110 g/mol. The summed E-state index contributed by atoms with van der Waals surface area (Å²) >= 11 is 0. The number of nitrogens with zero attached hydrogens (tertiary/aromatic N) is 4. The van der Waals surface area contributed by atoms with Gasteiger partial charge in [0.2, 0.25) is 11.8 Å². The molecule has 0 radical (unpaired) electrons. The van der Waals surface area contributed by atoms with E-state index in [1.165, 1.54) is 0 Å². The molecule has 440 valence electrons. The smallest absolute Gasteiger partial charge is 0.410 e. The van der Waals surface area contributed by atoms with Crippen molar-refractivity contribution >= 4 is 35.4 Å². The third-order valence-electron chi connectivity index (χ3n) is 20.1. The number of likely N-dealkylation sites (tertiary alicyclic amines) is 2. The molecule has 2 aromatic rings. The van der Waals surface area contributed by atoms with Crippen molar-refractivity contribution in [1.82, 2.24) is 20.4 Å². The van der Waals surface area contributed by atoms with Gasteiger partial charge in [0.25, 0.3) is 0 Å². The minimum Gasteiger partial charge on any atom is -0.490 e. The second kappa shape index (κ2) is 23.0. The van der Waals surface area contributed by atoms with Gasteiger partial charge in [-0.1, -0.05) is 0 Å². The number of rotatable bonds is 10. The standard InChI is InChI=1S/2C32H47N3O5/c2*1-31(2,3)40-30(38)34-13-10-27(11-14-34)39-26-8-6-25(7-9-26)35-12-4-5-24(20-35)33-29(37)32-17-21-15-22(18-32)28(36)23(16-21)19-32/h2*6-9,21-24,27-28,36H,4-5,10-20H2,1-3H3,(H,33,37)/t2*21?,22?,23?,24-,28?,32?/m00/s1. The summed E-state index contributed by atoms with van der Waals surface area (Å²) in [6.45, 7) is 17.5. The molecular formula is C64H94N6O10. The fourth-order valence-electron chi connectivity index (χ4n) is 16.7. The Hall–Kier alpha value is -4.96. The number of hydrogen-bond donors (Lipinski definition) is 4. The lowest BCUT2D eigenvalue weighted by Crippen LogP contribution is -2.60. The number of nitrogens with one attached hydrogen (secondary N) is 2. The van der Waals surface area contributed by atoms with Crippen LogP contribution in [0.5, 0.6) is 11.5 Å². The van der Waals surface area contributed by atoms with E-state index in [0.29, 0.717) is 61.7 Å². The minimum absolute atomic E-state index is 0.0878. The maximum atomic E-state index is 13.6. The fourth-order valence-corrected chi connectivity index (χ4v) is 16.7. The number of anilines is 2. The van der Waals surface area contributed by atoms with Gasteiger partial charge in [-0.3, -0.25) is 9.59 Å². The second-order valence-corrected chi connectivity index (χ2v) is 28.6. The van der Waals surface area contributed by atoms with Gasteiger partial charge in [-0.15, -0.1) is 0 Å². The summed E-state index contributed by atoms with van der Waals surface area (Å²) in [7, 11) is 0. The molecule has 14 rings (SSSR count). The van der Waals surface area contributed by atoms with Crippen LogP contribution in [0.15, 0.2) is 48.5 Å². The maximum absolute atomic E-state index is 13.6. The Bertz CT molecular complexity index is 2290. The van der Waals surface area contributed by atoms with E-state index in [9.17, 15) is 29.4 Å². The molecule has 4 unspecified atom stereocenters. The van der Waals surface area contributed by atoms with E-state index in [-0.39, 0.29) is 71.3 Å². The van der Waals surface area contributed by atoms with Gasteiger partial charge in [0.15, 0.2) is 0 Å². The molecule has 12 fully saturated rings. The molecule has 4 saturated heterocycles. The number of aliphatic hydroxyl groups is 2. The van der Waals surface area contributed by atoms with Gasteiger partial charge in [0.05, 0.1) is 23.0 Å². The first-order valence-corrected chi connectivity index (χ1v) is 31.1. The average Bonchev–Trinajstić information content (AvgIpc) is 3.62. The van der Waals surface area contributed by atoms with Crippen molar-refractivity contribution in [3.63, 3.8) is 0 Å². The number of piperidine rings is 4. The van der Waals surface area contributed by atoms with Crippen molar-refractivity contribution in [3.05, 3.63) is 48.5 Å². The van der Waals surface area contributed by atoms with Crippen LogP contribution in [-0.4, -0.2) is 144 Å². The molecule has 12 aliphatic rings. The van der Waals surface area contributed by atoms with Crippen LogP contribution >= 0.6 is 0 Å². The van der Waals surface area contributed by atoms with Crippen LogP contribution in [0, 0.1) is 46.3 Å². The Balaban J connectivity index is 0.000000169. The Labute approximate surface area is 475 Å². The first kappa shape index (κ1) is 56.9. The third-order valence-corrected chi connectivity index (χ3v) is 20.1. The molecule has 8 saturated carbocycles. The maximum Gasteiger partial charge on any atom is 0.410 e. The zero-order valence-electron chi connectivity index (χ0n) is 48.9. The predicted molar refractivity (Wildman–Crippen MR) is 307 cm³/mol. The zero-order valence-corrected chi connectivity index (χ0v) is 48.9. The van der Waals surface area contributed by atoms with Gasteiger partial charge >= 0.3 is 12.2 Å². The molecule has 0 spiro atoms. The van der Waals surface area contributed by atoms with Gasteiger partial charge in [0.1, 0.15) is 34.9 Å². The number of ether oxygens (including phenoxy) is 4. The summed E-state index contributed by atoms with van der Waals surface area (Å²) in [5, 5.41) is 28.1. The van der Waals surface area contributed by atoms with Crippen molar-refractivity contribution in [3.8, 4) is 11.5 Å². The molecule has 2 aromatic carbocycles. The van der Waals surface area contributed by atoms with Crippen molar-refractivity contribution in [1.29, 1.82) is 0 Å². The van der Waals surface area contributed by atoms with Crippen LogP contribution in [0.25, 0.3) is 0 Å². The number of carbonyl (C=O) groups is 4. The van der Waals surface area contributed by atoms with E-state index in [2.05, 4.69) is 44.7 Å². The van der Waals surface area contributed by atoms with Gasteiger partial charge in [-0.2, -0.15) is 0 Å². The Morgan fingerprint density at radius 1 is 0.487 bits per heavy atom. The van der Waals surface area contributed by atoms with Gasteiger partial charge in [-0.25, -0.2) is 9.59 Å². The van der Waals surface area contributed by atoms with Crippen LogP contribution in [-0.2, 0) is 19.1 Å². The van der Waals surface area contributed by atoms with Gasteiger partial charge < -0.3 is 59.4 Å². The molecule has 80 heavy (non-hydrogen) atoms. The summed E-state index contributed by atoms with van der Waals surface area (Å²) < 4.78 is 23.5. The molecule has 0 aromatic heterocycles. The van der Waals surface area contributed by atoms with Crippen LogP contribution in [0.4, 0.5) is 21.0 Å². The Morgan fingerprint density at radius 3 is 1.15 bits per heavy atom. The largest absolute Gasteiger partial charge is 0.490 e. The van der Waals surface area contributed by atoms with Crippen LogP contribution in [0.2, 0.25) is 0 Å². The number of aliphatic hydroxyl groups excluding tert-OH is 2. The lowest BCUT2D eigenvalue weighted by molar-refractivity contribution is -0.164. The van der Waals surface area contributed by atoms with Gasteiger partial charge in [0, 0.05) is 101 Å². The Kier molecular flexibility index (Phi) is 16.4. The molecule has 4 aliphatic heterocycles. The number of amides is 4. The molecule has 8 bridgehead atoms. The number of hydrogen-bond acceptors (Lipinski definition) is 12. The van der Waals surface area contributed by atoms with Crippen molar-refractivity contribution < 1.29 is 48.3 Å². The van der Waals surface area contributed by atoms with Crippen molar-refractivity contribution in [2.45, 2.75) is 205 Å².